The molecule has 0 bridgehead atoms. The Kier molecular flexibility index (Phi) is 6.12. The van der Waals surface area contributed by atoms with Crippen LogP contribution >= 0.6 is 11.8 Å². The summed E-state index contributed by atoms with van der Waals surface area (Å²) in [5.41, 5.74) is 1.64. The molecule has 1 aliphatic rings. The Labute approximate surface area is 195 Å². The van der Waals surface area contributed by atoms with Gasteiger partial charge in [0.2, 0.25) is 5.91 Å². The number of carbonyl (C=O) groups is 1. The Morgan fingerprint density at radius 3 is 2.73 bits per heavy atom. The Morgan fingerprint density at radius 2 is 1.91 bits per heavy atom. The van der Waals surface area contributed by atoms with Gasteiger partial charge in [-0.3, -0.25) is 4.79 Å². The third-order valence-corrected chi connectivity index (χ3v) is 6.38. The maximum Gasteiger partial charge on any atom is 0.233 e. The highest BCUT2D eigenvalue weighted by Gasteiger charge is 2.25. The zero-order chi connectivity index (χ0) is 22.6. The minimum absolute atomic E-state index is 0.0205. The molecule has 5 rings (SSSR count). The summed E-state index contributed by atoms with van der Waals surface area (Å²) >= 11 is 1.39. The van der Waals surface area contributed by atoms with E-state index in [4.69, 9.17) is 9.47 Å². The first-order valence-corrected chi connectivity index (χ1v) is 11.7. The Bertz CT molecular complexity index is 1260. The zero-order valence-corrected chi connectivity index (χ0v) is 18.9. The molecule has 1 atom stereocenters. The zero-order valence-electron chi connectivity index (χ0n) is 18.1. The maximum absolute atomic E-state index is 13.0. The summed E-state index contributed by atoms with van der Waals surface area (Å²) in [5, 5.41) is 6.03. The fourth-order valence-corrected chi connectivity index (χ4v) is 4.59. The van der Waals surface area contributed by atoms with E-state index < -0.39 is 0 Å². The first-order chi connectivity index (χ1) is 16.2. The van der Waals surface area contributed by atoms with Crippen molar-refractivity contribution in [1.82, 2.24) is 24.6 Å². The second kappa shape index (κ2) is 9.50. The molecule has 1 aliphatic heterocycles. The SMILES string of the molecule is CCN(C[C@@H]1COc2ccccc2O1)C(=O)CSc1ncnc2c1cnn2-c1ccccc1. The topological polar surface area (TPSA) is 82.4 Å². The number of benzene rings is 2. The molecule has 4 aromatic rings. The number of carbonyl (C=O) groups excluding carboxylic acids is 1. The molecule has 0 aliphatic carbocycles. The van der Waals surface area contributed by atoms with E-state index in [1.54, 1.807) is 15.8 Å². The molecule has 0 fully saturated rings. The fourth-order valence-electron chi connectivity index (χ4n) is 3.72. The van der Waals surface area contributed by atoms with Gasteiger partial charge >= 0.3 is 0 Å². The van der Waals surface area contributed by atoms with Gasteiger partial charge in [-0.25, -0.2) is 14.6 Å². The van der Waals surface area contributed by atoms with E-state index in [1.807, 2.05) is 61.5 Å². The number of para-hydroxylation sites is 3. The molecule has 0 radical (unpaired) electrons. The Morgan fingerprint density at radius 1 is 1.12 bits per heavy atom. The number of amides is 1. The van der Waals surface area contributed by atoms with Gasteiger partial charge in [-0.1, -0.05) is 42.1 Å². The number of likely N-dealkylation sites (N-methyl/N-ethyl adjacent to an activating group) is 1. The van der Waals surface area contributed by atoms with Gasteiger partial charge in [0.1, 0.15) is 18.0 Å². The summed E-state index contributed by atoms with van der Waals surface area (Å²) in [6.45, 7) is 3.44. The summed E-state index contributed by atoms with van der Waals surface area (Å²) in [7, 11) is 0. The van der Waals surface area contributed by atoms with Gasteiger partial charge in [-0.2, -0.15) is 5.10 Å². The summed E-state index contributed by atoms with van der Waals surface area (Å²) in [4.78, 5) is 23.6. The number of ether oxygens (including phenoxy) is 2. The van der Waals surface area contributed by atoms with Crippen molar-refractivity contribution >= 4 is 28.7 Å². The Hall–Kier alpha value is -3.59. The van der Waals surface area contributed by atoms with Crippen LogP contribution in [-0.2, 0) is 4.79 Å². The molecule has 0 unspecified atom stereocenters. The van der Waals surface area contributed by atoms with Gasteiger partial charge in [0.25, 0.3) is 0 Å². The molecular formula is C24H23N5O3S. The molecule has 168 valence electrons. The van der Waals surface area contributed by atoms with Crippen LogP contribution in [0.2, 0.25) is 0 Å². The average molecular weight is 462 g/mol. The molecular weight excluding hydrogens is 438 g/mol. The third-order valence-electron chi connectivity index (χ3n) is 5.39. The van der Waals surface area contributed by atoms with E-state index >= 15 is 0 Å². The van der Waals surface area contributed by atoms with Crippen LogP contribution in [0.3, 0.4) is 0 Å². The molecule has 0 saturated heterocycles. The predicted octanol–water partition coefficient (Wildman–Crippen LogP) is 3.60. The first kappa shape index (κ1) is 21.3. The largest absolute Gasteiger partial charge is 0.486 e. The van der Waals surface area contributed by atoms with Crippen LogP contribution in [0.4, 0.5) is 0 Å². The first-order valence-electron chi connectivity index (χ1n) is 10.8. The second-order valence-electron chi connectivity index (χ2n) is 7.53. The molecule has 9 heteroatoms. The van der Waals surface area contributed by atoms with Gasteiger partial charge in [0.05, 0.1) is 29.6 Å². The number of nitrogens with zero attached hydrogens (tertiary/aromatic N) is 5. The standard InChI is InChI=1S/C24H23N5O3S/c1-2-28(13-18-14-31-20-10-6-7-11-21(20)32-18)22(30)15-33-24-19-12-27-29(23(19)25-16-26-24)17-8-4-3-5-9-17/h3-12,16,18H,2,13-15H2,1H3/t18-/m1/s1. The lowest BCUT2D eigenvalue weighted by molar-refractivity contribution is -0.129. The van der Waals surface area contributed by atoms with Gasteiger partial charge in [0.15, 0.2) is 23.3 Å². The predicted molar refractivity (Wildman–Crippen MR) is 126 cm³/mol. The van der Waals surface area contributed by atoms with Crippen molar-refractivity contribution in [2.45, 2.75) is 18.1 Å². The molecule has 33 heavy (non-hydrogen) atoms. The maximum atomic E-state index is 13.0. The van der Waals surface area contributed by atoms with Gasteiger partial charge in [-0.15, -0.1) is 0 Å². The van der Waals surface area contributed by atoms with E-state index in [1.165, 1.54) is 18.1 Å². The summed E-state index contributed by atoms with van der Waals surface area (Å²) in [5.74, 6) is 1.74. The smallest absolute Gasteiger partial charge is 0.233 e. The number of aromatic nitrogens is 4. The average Bonchev–Trinajstić information content (AvgIpc) is 3.31. The lowest BCUT2D eigenvalue weighted by Crippen LogP contribution is -2.44. The molecule has 2 aromatic carbocycles. The summed E-state index contributed by atoms with van der Waals surface area (Å²) in [6, 6.07) is 17.4. The lowest BCUT2D eigenvalue weighted by atomic mass is 10.2. The fraction of sp³-hybridized carbons (Fsp3) is 0.250. The quantitative estimate of drug-likeness (QED) is 0.307. The van der Waals surface area contributed by atoms with Crippen molar-refractivity contribution < 1.29 is 14.3 Å². The van der Waals surface area contributed by atoms with Gasteiger partial charge in [-0.05, 0) is 31.2 Å². The van der Waals surface area contributed by atoms with E-state index in [-0.39, 0.29) is 17.8 Å². The van der Waals surface area contributed by atoms with Crippen molar-refractivity contribution in [2.75, 3.05) is 25.4 Å². The number of hydrogen-bond acceptors (Lipinski definition) is 7. The Balaban J connectivity index is 1.25. The highest BCUT2D eigenvalue weighted by atomic mass is 32.2. The van der Waals surface area contributed by atoms with E-state index in [0.717, 1.165) is 21.8 Å². The van der Waals surface area contributed by atoms with Crippen molar-refractivity contribution in [3.05, 3.63) is 67.1 Å². The summed E-state index contributed by atoms with van der Waals surface area (Å²) in [6.07, 6.45) is 3.05. The van der Waals surface area contributed by atoms with Crippen molar-refractivity contribution in [2.24, 2.45) is 0 Å². The molecule has 1 amide bonds. The van der Waals surface area contributed by atoms with Crippen LogP contribution in [0.1, 0.15) is 6.92 Å². The van der Waals surface area contributed by atoms with Crippen molar-refractivity contribution in [3.8, 4) is 17.2 Å². The van der Waals surface area contributed by atoms with Crippen LogP contribution in [0, 0.1) is 0 Å². The molecule has 8 nitrogen and oxygen atoms in total. The number of hydrogen-bond donors (Lipinski definition) is 0. The minimum Gasteiger partial charge on any atom is -0.486 e. The lowest BCUT2D eigenvalue weighted by Gasteiger charge is -2.30. The summed E-state index contributed by atoms with van der Waals surface area (Å²) < 4.78 is 13.6. The number of rotatable bonds is 7. The number of thioether (sulfide) groups is 1. The van der Waals surface area contributed by atoms with Crippen molar-refractivity contribution in [1.29, 1.82) is 0 Å². The third kappa shape index (κ3) is 4.49. The van der Waals surface area contributed by atoms with Crippen LogP contribution in [0.25, 0.3) is 16.7 Å². The highest BCUT2D eigenvalue weighted by molar-refractivity contribution is 8.00. The molecule has 2 aromatic heterocycles. The van der Waals surface area contributed by atoms with Gasteiger partial charge < -0.3 is 14.4 Å². The van der Waals surface area contributed by atoms with Crippen molar-refractivity contribution in [3.63, 3.8) is 0 Å². The van der Waals surface area contributed by atoms with Gasteiger partial charge in [0, 0.05) is 6.54 Å². The monoisotopic (exact) mass is 461 g/mol. The van der Waals surface area contributed by atoms with Crippen LogP contribution < -0.4 is 9.47 Å². The van der Waals surface area contributed by atoms with E-state index in [2.05, 4.69) is 15.1 Å². The minimum atomic E-state index is -0.205. The highest BCUT2D eigenvalue weighted by Crippen LogP contribution is 2.31. The van der Waals surface area contributed by atoms with E-state index in [9.17, 15) is 4.79 Å². The van der Waals surface area contributed by atoms with E-state index in [0.29, 0.717) is 31.1 Å². The van der Waals surface area contributed by atoms with Crippen LogP contribution in [0.5, 0.6) is 11.5 Å². The molecule has 0 N–H and O–H groups in total. The number of fused-ring (bicyclic) bond motifs is 2. The normalized spacial score (nSPS) is 14.9. The molecule has 0 saturated carbocycles. The molecule has 3 heterocycles. The second-order valence-corrected chi connectivity index (χ2v) is 8.49. The van der Waals surface area contributed by atoms with Crippen LogP contribution in [0.15, 0.2) is 72.1 Å². The molecule has 0 spiro atoms. The van der Waals surface area contributed by atoms with Crippen LogP contribution in [-0.4, -0.2) is 62.1 Å².